The van der Waals surface area contributed by atoms with Crippen LogP contribution >= 0.6 is 38.9 Å². The van der Waals surface area contributed by atoms with Crippen molar-refractivity contribution in [2.24, 2.45) is 0 Å². The molecule has 0 saturated carbocycles. The van der Waals surface area contributed by atoms with Crippen LogP contribution < -0.4 is 9.62 Å². The van der Waals surface area contributed by atoms with Gasteiger partial charge in [-0.15, -0.1) is 11.3 Å². The van der Waals surface area contributed by atoms with E-state index in [4.69, 9.17) is 11.6 Å². The molecule has 0 aliphatic heterocycles. The predicted molar refractivity (Wildman–Crippen MR) is 131 cm³/mol. The number of fused-ring (bicyclic) bond motifs is 1. The summed E-state index contributed by atoms with van der Waals surface area (Å²) >= 11 is 10.6. The van der Waals surface area contributed by atoms with Crippen LogP contribution in [0.15, 0.2) is 82.2 Å². The Morgan fingerprint density at radius 3 is 2.48 bits per heavy atom. The van der Waals surface area contributed by atoms with E-state index in [0.29, 0.717) is 21.3 Å². The minimum atomic E-state index is -3.71. The number of thiophene rings is 1. The van der Waals surface area contributed by atoms with Crippen LogP contribution in [0.2, 0.25) is 5.02 Å². The Morgan fingerprint density at radius 2 is 1.77 bits per heavy atom. The van der Waals surface area contributed by atoms with E-state index in [1.165, 1.54) is 22.7 Å². The summed E-state index contributed by atoms with van der Waals surface area (Å²) in [5.74, 6) is -0.249. The van der Waals surface area contributed by atoms with Gasteiger partial charge in [0.2, 0.25) is 0 Å². The Hall–Kier alpha value is -2.39. The molecular weight excluding hydrogens is 520 g/mol. The number of rotatable bonds is 5. The van der Waals surface area contributed by atoms with E-state index in [1.54, 1.807) is 66.7 Å². The molecular formula is C22H16BrClN2O3S2. The predicted octanol–water partition coefficient (Wildman–Crippen LogP) is 6.39. The number of sulfonamides is 1. The number of hydrogen-bond donors (Lipinski definition) is 1. The molecule has 0 bridgehead atoms. The van der Waals surface area contributed by atoms with Gasteiger partial charge in [0.15, 0.2) is 0 Å². The van der Waals surface area contributed by atoms with Gasteiger partial charge in [-0.05, 0) is 72.1 Å². The number of anilines is 2. The second-order valence-electron chi connectivity index (χ2n) is 6.72. The molecule has 0 fully saturated rings. The fraction of sp³-hybridized carbons (Fsp3) is 0.0455. The standard InChI is InChI=1S/C22H16BrClN2O3S2/c1-26(31(28,29)19-8-5-15(23)6-9-19)18-7-10-20-14(11-18)12-21(30-20)22(27)25-17-4-2-3-16(24)13-17/h2-13H,1H3,(H,25,27). The molecule has 0 aliphatic carbocycles. The fourth-order valence-electron chi connectivity index (χ4n) is 3.00. The highest BCUT2D eigenvalue weighted by atomic mass is 79.9. The maximum absolute atomic E-state index is 13.0. The van der Waals surface area contributed by atoms with Crippen molar-refractivity contribution in [3.05, 3.63) is 87.2 Å². The molecule has 1 N–H and O–H groups in total. The lowest BCUT2D eigenvalue weighted by Gasteiger charge is -2.19. The van der Waals surface area contributed by atoms with Gasteiger partial charge in [-0.3, -0.25) is 9.10 Å². The molecule has 31 heavy (non-hydrogen) atoms. The van der Waals surface area contributed by atoms with E-state index in [-0.39, 0.29) is 10.8 Å². The average Bonchev–Trinajstić information content (AvgIpc) is 3.17. The molecule has 4 rings (SSSR count). The third-order valence-corrected chi connectivity index (χ3v) is 8.32. The van der Waals surface area contributed by atoms with Crippen LogP contribution in [0.25, 0.3) is 10.1 Å². The van der Waals surface area contributed by atoms with Crippen LogP contribution in [0.5, 0.6) is 0 Å². The van der Waals surface area contributed by atoms with Gasteiger partial charge in [-0.1, -0.05) is 33.6 Å². The lowest BCUT2D eigenvalue weighted by atomic mass is 10.2. The van der Waals surface area contributed by atoms with Gasteiger partial charge in [0, 0.05) is 26.9 Å². The number of carbonyl (C=O) groups excluding carboxylic acids is 1. The number of nitrogens with zero attached hydrogens (tertiary/aromatic N) is 1. The number of amides is 1. The number of nitrogens with one attached hydrogen (secondary N) is 1. The second-order valence-corrected chi connectivity index (χ2v) is 11.1. The van der Waals surface area contributed by atoms with Gasteiger partial charge in [0.25, 0.3) is 15.9 Å². The largest absolute Gasteiger partial charge is 0.321 e. The Bertz CT molecular complexity index is 1390. The minimum absolute atomic E-state index is 0.199. The first-order chi connectivity index (χ1) is 14.7. The van der Waals surface area contributed by atoms with Crippen LogP contribution in [0.4, 0.5) is 11.4 Å². The Balaban J connectivity index is 1.61. The monoisotopic (exact) mass is 534 g/mol. The zero-order chi connectivity index (χ0) is 22.2. The van der Waals surface area contributed by atoms with Crippen molar-refractivity contribution in [2.75, 3.05) is 16.7 Å². The molecule has 158 valence electrons. The molecule has 9 heteroatoms. The normalized spacial score (nSPS) is 11.5. The summed E-state index contributed by atoms with van der Waals surface area (Å²) in [6.45, 7) is 0. The SMILES string of the molecule is CN(c1ccc2sc(C(=O)Nc3cccc(Cl)c3)cc2c1)S(=O)(=O)c1ccc(Br)cc1. The van der Waals surface area contributed by atoms with Crippen molar-refractivity contribution in [1.29, 1.82) is 0 Å². The van der Waals surface area contributed by atoms with E-state index >= 15 is 0 Å². The van der Waals surface area contributed by atoms with E-state index in [1.807, 2.05) is 6.07 Å². The number of halogens is 2. The maximum atomic E-state index is 13.0. The Labute approximate surface area is 197 Å². The van der Waals surface area contributed by atoms with Gasteiger partial charge in [0.1, 0.15) is 0 Å². The fourth-order valence-corrected chi connectivity index (χ4v) is 5.58. The Morgan fingerprint density at radius 1 is 1.03 bits per heavy atom. The number of benzene rings is 3. The van der Waals surface area contributed by atoms with E-state index < -0.39 is 10.0 Å². The van der Waals surface area contributed by atoms with Crippen LogP contribution in [0.3, 0.4) is 0 Å². The number of hydrogen-bond acceptors (Lipinski definition) is 4. The summed E-state index contributed by atoms with van der Waals surface area (Å²) in [4.78, 5) is 13.3. The summed E-state index contributed by atoms with van der Waals surface area (Å²) in [6.07, 6.45) is 0. The third-order valence-electron chi connectivity index (χ3n) is 4.64. The molecule has 5 nitrogen and oxygen atoms in total. The molecule has 0 radical (unpaired) electrons. The highest BCUT2D eigenvalue weighted by molar-refractivity contribution is 9.10. The summed E-state index contributed by atoms with van der Waals surface area (Å²) in [7, 11) is -2.20. The first kappa shape index (κ1) is 21.8. The summed E-state index contributed by atoms with van der Waals surface area (Å²) < 4.78 is 28.8. The molecule has 0 aliphatic rings. The molecule has 1 amide bonds. The molecule has 0 unspecified atom stereocenters. The summed E-state index contributed by atoms with van der Waals surface area (Å²) in [5, 5.41) is 4.15. The van der Waals surface area contributed by atoms with Crippen LogP contribution in [-0.2, 0) is 10.0 Å². The number of carbonyl (C=O) groups is 1. The molecule has 1 heterocycles. The topological polar surface area (TPSA) is 66.5 Å². The van der Waals surface area contributed by atoms with Gasteiger partial charge >= 0.3 is 0 Å². The average molecular weight is 536 g/mol. The van der Waals surface area contributed by atoms with Gasteiger partial charge < -0.3 is 5.32 Å². The second kappa shape index (κ2) is 8.63. The molecule has 0 atom stereocenters. The highest BCUT2D eigenvalue weighted by Crippen LogP contribution is 2.32. The zero-order valence-corrected chi connectivity index (χ0v) is 20.1. The summed E-state index contributed by atoms with van der Waals surface area (Å²) in [5.41, 5.74) is 1.12. The van der Waals surface area contributed by atoms with Crippen molar-refractivity contribution in [1.82, 2.24) is 0 Å². The zero-order valence-electron chi connectivity index (χ0n) is 16.2. The summed E-state index contributed by atoms with van der Waals surface area (Å²) in [6, 6.07) is 20.5. The van der Waals surface area contributed by atoms with Crippen LogP contribution in [-0.4, -0.2) is 21.4 Å². The van der Waals surface area contributed by atoms with Crippen molar-refractivity contribution in [2.45, 2.75) is 4.90 Å². The van der Waals surface area contributed by atoms with Gasteiger partial charge in [-0.25, -0.2) is 8.42 Å². The van der Waals surface area contributed by atoms with Crippen LogP contribution in [0, 0.1) is 0 Å². The lowest BCUT2D eigenvalue weighted by molar-refractivity contribution is 0.103. The molecule has 0 spiro atoms. The van der Waals surface area contributed by atoms with E-state index in [9.17, 15) is 13.2 Å². The van der Waals surface area contributed by atoms with E-state index in [0.717, 1.165) is 14.6 Å². The highest BCUT2D eigenvalue weighted by Gasteiger charge is 2.22. The smallest absolute Gasteiger partial charge is 0.265 e. The molecule has 4 aromatic rings. The minimum Gasteiger partial charge on any atom is -0.321 e. The van der Waals surface area contributed by atoms with Crippen molar-refractivity contribution in [3.63, 3.8) is 0 Å². The third kappa shape index (κ3) is 4.62. The molecule has 0 saturated heterocycles. The molecule has 1 aromatic heterocycles. The quantitative estimate of drug-likeness (QED) is 0.322. The molecule has 3 aromatic carbocycles. The lowest BCUT2D eigenvalue weighted by Crippen LogP contribution is -2.26. The van der Waals surface area contributed by atoms with E-state index in [2.05, 4.69) is 21.2 Å². The van der Waals surface area contributed by atoms with Gasteiger partial charge in [0.05, 0.1) is 15.5 Å². The Kier molecular flexibility index (Phi) is 6.07. The van der Waals surface area contributed by atoms with Crippen molar-refractivity contribution < 1.29 is 13.2 Å². The first-order valence-corrected chi connectivity index (χ1v) is 12.5. The first-order valence-electron chi connectivity index (χ1n) is 9.09. The van der Waals surface area contributed by atoms with Gasteiger partial charge in [-0.2, -0.15) is 0 Å². The van der Waals surface area contributed by atoms with Crippen LogP contribution in [0.1, 0.15) is 9.67 Å². The van der Waals surface area contributed by atoms with Crippen molar-refractivity contribution in [3.8, 4) is 0 Å². The maximum Gasteiger partial charge on any atom is 0.265 e. The van der Waals surface area contributed by atoms with Crippen molar-refractivity contribution >= 4 is 76.3 Å².